The van der Waals surface area contributed by atoms with Crippen molar-refractivity contribution in [1.82, 2.24) is 19.6 Å². The molecular weight excluding hydrogens is 428 g/mol. The van der Waals surface area contributed by atoms with Crippen LogP contribution in [0.1, 0.15) is 57.8 Å². The highest BCUT2D eigenvalue weighted by Gasteiger charge is 2.30. The lowest BCUT2D eigenvalue weighted by Crippen LogP contribution is -2.48. The highest BCUT2D eigenvalue weighted by Crippen LogP contribution is 2.23. The van der Waals surface area contributed by atoms with Crippen LogP contribution in [-0.2, 0) is 4.74 Å². The molecule has 0 aliphatic carbocycles. The summed E-state index contributed by atoms with van der Waals surface area (Å²) in [5.41, 5.74) is 0.716. The molecule has 2 heterocycles. The number of benzene rings is 1. The van der Waals surface area contributed by atoms with Crippen molar-refractivity contribution in [3.8, 4) is 5.69 Å². The lowest BCUT2D eigenvalue weighted by Gasteiger charge is -2.37. The third-order valence-electron chi connectivity index (χ3n) is 5.44. The summed E-state index contributed by atoms with van der Waals surface area (Å²) in [6.07, 6.45) is 4.85. The number of nitrogens with zero attached hydrogens (tertiary/aromatic N) is 4. The standard InChI is InChI=1S/C24H33ClN4O3/c1-17(2)28(23(31)32-24(3,4)5)15-18-9-8-12-27(14-18)22(30)19-13-26-29(16-19)21-11-7-6-10-20(21)25/h6-7,10-11,13,16-18H,8-9,12,14-15H2,1-5H3. The van der Waals surface area contributed by atoms with Gasteiger partial charge in [0.15, 0.2) is 0 Å². The lowest BCUT2D eigenvalue weighted by molar-refractivity contribution is 0.0124. The Labute approximate surface area is 195 Å². The molecule has 0 saturated carbocycles. The minimum Gasteiger partial charge on any atom is -0.444 e. The van der Waals surface area contributed by atoms with Gasteiger partial charge in [-0.25, -0.2) is 9.48 Å². The number of carbonyl (C=O) groups excluding carboxylic acids is 2. The zero-order valence-electron chi connectivity index (χ0n) is 19.5. The van der Waals surface area contributed by atoms with E-state index in [9.17, 15) is 9.59 Å². The molecule has 1 fully saturated rings. The summed E-state index contributed by atoms with van der Waals surface area (Å²) in [5, 5.41) is 4.90. The number of rotatable bonds is 5. The summed E-state index contributed by atoms with van der Waals surface area (Å²) in [7, 11) is 0. The molecule has 0 spiro atoms. The largest absolute Gasteiger partial charge is 0.444 e. The van der Waals surface area contributed by atoms with Gasteiger partial charge in [-0.1, -0.05) is 23.7 Å². The number of halogens is 1. The van der Waals surface area contributed by atoms with Gasteiger partial charge in [-0.15, -0.1) is 0 Å². The van der Waals surface area contributed by atoms with Crippen LogP contribution in [0.2, 0.25) is 5.02 Å². The third-order valence-corrected chi connectivity index (χ3v) is 5.76. The SMILES string of the molecule is CC(C)N(CC1CCCN(C(=O)c2cnn(-c3ccccc3Cl)c2)C1)C(=O)OC(C)(C)C. The van der Waals surface area contributed by atoms with Crippen LogP contribution in [0, 0.1) is 5.92 Å². The Morgan fingerprint density at radius 1 is 1.28 bits per heavy atom. The quantitative estimate of drug-likeness (QED) is 0.628. The zero-order chi connectivity index (χ0) is 23.5. The molecule has 2 aromatic rings. The summed E-state index contributed by atoms with van der Waals surface area (Å²) >= 11 is 6.26. The Kier molecular flexibility index (Phi) is 7.49. The smallest absolute Gasteiger partial charge is 0.410 e. The first-order valence-corrected chi connectivity index (χ1v) is 11.5. The summed E-state index contributed by atoms with van der Waals surface area (Å²) in [6, 6.07) is 7.40. The van der Waals surface area contributed by atoms with E-state index < -0.39 is 5.60 Å². The first-order valence-electron chi connectivity index (χ1n) is 11.1. The van der Waals surface area contributed by atoms with Gasteiger partial charge in [0.1, 0.15) is 5.60 Å². The van der Waals surface area contributed by atoms with Gasteiger partial charge in [0.2, 0.25) is 0 Å². The fourth-order valence-electron chi connectivity index (χ4n) is 3.88. The van der Waals surface area contributed by atoms with Crippen LogP contribution in [0.5, 0.6) is 0 Å². The van der Waals surface area contributed by atoms with Crippen LogP contribution >= 0.6 is 11.6 Å². The number of ether oxygens (including phenoxy) is 1. The van der Waals surface area contributed by atoms with E-state index >= 15 is 0 Å². The van der Waals surface area contributed by atoms with Crippen molar-refractivity contribution in [2.45, 2.75) is 59.1 Å². The Morgan fingerprint density at radius 3 is 2.66 bits per heavy atom. The van der Waals surface area contributed by atoms with Crippen molar-refractivity contribution >= 4 is 23.6 Å². The average molecular weight is 461 g/mol. The minimum absolute atomic E-state index is 0.0183. The maximum Gasteiger partial charge on any atom is 0.410 e. The van der Waals surface area contributed by atoms with Crippen LogP contribution in [0.15, 0.2) is 36.7 Å². The molecule has 0 bridgehead atoms. The number of piperidine rings is 1. The van der Waals surface area contributed by atoms with Crippen molar-refractivity contribution in [2.75, 3.05) is 19.6 Å². The Hall–Kier alpha value is -2.54. The maximum atomic E-state index is 13.2. The van der Waals surface area contributed by atoms with E-state index in [4.69, 9.17) is 16.3 Å². The topological polar surface area (TPSA) is 67.7 Å². The van der Waals surface area contributed by atoms with Crippen molar-refractivity contribution in [3.05, 3.63) is 47.2 Å². The normalized spacial score (nSPS) is 16.8. The number of aromatic nitrogens is 2. The molecule has 8 heteroatoms. The second-order valence-corrected chi connectivity index (χ2v) is 10.0. The van der Waals surface area contributed by atoms with Gasteiger partial charge in [0, 0.05) is 31.9 Å². The Balaban J connectivity index is 1.67. The zero-order valence-corrected chi connectivity index (χ0v) is 20.3. The van der Waals surface area contributed by atoms with E-state index in [0.29, 0.717) is 30.2 Å². The third kappa shape index (κ3) is 6.03. The van der Waals surface area contributed by atoms with Gasteiger partial charge in [0.25, 0.3) is 5.91 Å². The first kappa shape index (κ1) is 24.1. The van der Waals surface area contributed by atoms with Crippen LogP contribution in [-0.4, -0.2) is 62.9 Å². The molecule has 1 atom stereocenters. The molecular formula is C24H33ClN4O3. The van der Waals surface area contributed by atoms with Crippen molar-refractivity contribution in [1.29, 1.82) is 0 Å². The summed E-state index contributed by atoms with van der Waals surface area (Å²) in [4.78, 5) is 29.4. The number of likely N-dealkylation sites (tertiary alicyclic amines) is 1. The average Bonchev–Trinajstić information content (AvgIpc) is 3.20. The predicted molar refractivity (Wildman–Crippen MR) is 125 cm³/mol. The summed E-state index contributed by atoms with van der Waals surface area (Å²) < 4.78 is 7.21. The Bertz CT molecular complexity index is 951. The van der Waals surface area contributed by atoms with Crippen molar-refractivity contribution in [3.63, 3.8) is 0 Å². The molecule has 174 valence electrons. The predicted octanol–water partition coefficient (Wildman–Crippen LogP) is 5.02. The van der Waals surface area contributed by atoms with Crippen LogP contribution < -0.4 is 0 Å². The van der Waals surface area contributed by atoms with Crippen molar-refractivity contribution < 1.29 is 14.3 Å². The molecule has 1 aliphatic heterocycles. The summed E-state index contributed by atoms with van der Waals surface area (Å²) in [6.45, 7) is 11.4. The van der Waals surface area contributed by atoms with Crippen LogP contribution in [0.4, 0.5) is 4.79 Å². The molecule has 0 N–H and O–H groups in total. The first-order chi connectivity index (χ1) is 15.0. The van der Waals surface area contributed by atoms with Gasteiger partial charge in [-0.05, 0) is 65.5 Å². The molecule has 1 aliphatic rings. The second-order valence-electron chi connectivity index (χ2n) is 9.61. The molecule has 1 saturated heterocycles. The molecule has 1 aromatic heterocycles. The van der Waals surface area contributed by atoms with Crippen LogP contribution in [0.25, 0.3) is 5.69 Å². The molecule has 1 unspecified atom stereocenters. The lowest BCUT2D eigenvalue weighted by atomic mass is 9.96. The monoisotopic (exact) mass is 460 g/mol. The number of carbonyl (C=O) groups is 2. The molecule has 2 amide bonds. The van der Waals surface area contributed by atoms with Gasteiger partial charge in [-0.2, -0.15) is 5.10 Å². The Morgan fingerprint density at radius 2 is 2.00 bits per heavy atom. The van der Waals surface area contributed by atoms with Gasteiger partial charge < -0.3 is 14.5 Å². The van der Waals surface area contributed by atoms with E-state index in [0.717, 1.165) is 18.5 Å². The fourth-order valence-corrected chi connectivity index (χ4v) is 4.10. The molecule has 32 heavy (non-hydrogen) atoms. The number of hydrogen-bond donors (Lipinski definition) is 0. The minimum atomic E-state index is -0.541. The number of hydrogen-bond acceptors (Lipinski definition) is 4. The van der Waals surface area contributed by atoms with E-state index in [1.54, 1.807) is 28.0 Å². The fraction of sp³-hybridized carbons (Fsp3) is 0.542. The summed E-state index contributed by atoms with van der Waals surface area (Å²) in [5.74, 6) is 0.141. The maximum absolute atomic E-state index is 13.2. The van der Waals surface area contributed by atoms with Gasteiger partial charge >= 0.3 is 6.09 Å². The van der Waals surface area contributed by atoms with Gasteiger partial charge in [-0.3, -0.25) is 4.79 Å². The van der Waals surface area contributed by atoms with E-state index in [1.807, 2.05) is 57.7 Å². The van der Waals surface area contributed by atoms with E-state index in [1.165, 1.54) is 0 Å². The molecule has 0 radical (unpaired) electrons. The van der Waals surface area contributed by atoms with Crippen molar-refractivity contribution in [2.24, 2.45) is 5.92 Å². The second kappa shape index (κ2) is 9.94. The van der Waals surface area contributed by atoms with Gasteiger partial charge in [0.05, 0.1) is 22.5 Å². The highest BCUT2D eigenvalue weighted by molar-refractivity contribution is 6.32. The van der Waals surface area contributed by atoms with E-state index in [2.05, 4.69) is 5.10 Å². The number of para-hydroxylation sites is 1. The molecule has 7 nitrogen and oxygen atoms in total. The molecule has 3 rings (SSSR count). The highest BCUT2D eigenvalue weighted by atomic mass is 35.5. The number of amides is 2. The molecule has 1 aromatic carbocycles. The van der Waals surface area contributed by atoms with E-state index in [-0.39, 0.29) is 24.0 Å². The van der Waals surface area contributed by atoms with Crippen LogP contribution in [0.3, 0.4) is 0 Å².